The van der Waals surface area contributed by atoms with Crippen molar-refractivity contribution in [3.05, 3.63) is 12.2 Å². The molecule has 4 heteroatoms. The van der Waals surface area contributed by atoms with E-state index in [1.54, 1.807) is 6.33 Å². The van der Waals surface area contributed by atoms with E-state index < -0.39 is 0 Å². The van der Waals surface area contributed by atoms with Crippen LogP contribution in [0.3, 0.4) is 0 Å². The maximum atomic E-state index is 6.38. The Morgan fingerprint density at radius 2 is 2.14 bits per heavy atom. The Balaban J connectivity index is 2.27. The lowest BCUT2D eigenvalue weighted by Crippen LogP contribution is -2.41. The van der Waals surface area contributed by atoms with E-state index in [-0.39, 0.29) is 5.54 Å². The third kappa shape index (κ3) is 1.54. The summed E-state index contributed by atoms with van der Waals surface area (Å²) in [5.41, 5.74) is 6.16. The van der Waals surface area contributed by atoms with Crippen molar-refractivity contribution in [2.45, 2.75) is 51.1 Å². The van der Waals surface area contributed by atoms with Gasteiger partial charge in [-0.25, -0.2) is 0 Å². The quantitative estimate of drug-likeness (QED) is 0.774. The third-order valence-electron chi connectivity index (χ3n) is 3.15. The third-order valence-corrected chi connectivity index (χ3v) is 3.15. The summed E-state index contributed by atoms with van der Waals surface area (Å²) in [5.74, 6) is 0.972. The van der Waals surface area contributed by atoms with Crippen molar-refractivity contribution in [2.24, 2.45) is 5.73 Å². The number of hydrogen-bond donors (Lipinski definition) is 1. The first kappa shape index (κ1) is 9.65. The first-order valence-electron chi connectivity index (χ1n) is 5.43. The molecule has 1 aromatic rings. The molecule has 0 radical (unpaired) electrons. The minimum Gasteiger partial charge on any atom is -0.319 e. The van der Waals surface area contributed by atoms with Gasteiger partial charge in [0, 0.05) is 6.54 Å². The largest absolute Gasteiger partial charge is 0.319 e. The van der Waals surface area contributed by atoms with Crippen molar-refractivity contribution in [1.29, 1.82) is 0 Å². The molecule has 1 heterocycles. The Kier molecular flexibility index (Phi) is 2.54. The van der Waals surface area contributed by atoms with Crippen LogP contribution < -0.4 is 5.73 Å². The summed E-state index contributed by atoms with van der Waals surface area (Å²) >= 11 is 0. The summed E-state index contributed by atoms with van der Waals surface area (Å²) in [4.78, 5) is 0. The molecule has 0 spiro atoms. The van der Waals surface area contributed by atoms with Gasteiger partial charge in [0.25, 0.3) is 0 Å². The average molecular weight is 194 g/mol. The molecular formula is C10H18N4. The molecule has 0 amide bonds. The van der Waals surface area contributed by atoms with Gasteiger partial charge in [0.15, 0.2) is 5.82 Å². The molecule has 0 aromatic carbocycles. The van der Waals surface area contributed by atoms with Gasteiger partial charge in [-0.15, -0.1) is 10.2 Å². The first-order chi connectivity index (χ1) is 6.76. The van der Waals surface area contributed by atoms with E-state index in [0.717, 1.165) is 25.2 Å². The number of rotatable bonds is 2. The van der Waals surface area contributed by atoms with Crippen molar-refractivity contribution in [1.82, 2.24) is 14.8 Å². The molecule has 0 unspecified atom stereocenters. The molecule has 14 heavy (non-hydrogen) atoms. The molecule has 78 valence electrons. The lowest BCUT2D eigenvalue weighted by Gasteiger charge is -2.32. The standard InChI is InChI=1S/C10H18N4/c1-2-14-8-12-13-9(14)10(11)6-4-3-5-7-10/h8H,2-7,11H2,1H3. The van der Waals surface area contributed by atoms with Crippen molar-refractivity contribution >= 4 is 0 Å². The number of aryl methyl sites for hydroxylation is 1. The highest BCUT2D eigenvalue weighted by atomic mass is 15.3. The van der Waals surface area contributed by atoms with E-state index >= 15 is 0 Å². The second-order valence-corrected chi connectivity index (χ2v) is 4.16. The van der Waals surface area contributed by atoms with Gasteiger partial charge in [0.05, 0.1) is 5.54 Å². The molecule has 1 aromatic heterocycles. The van der Waals surface area contributed by atoms with Crippen LogP contribution >= 0.6 is 0 Å². The second-order valence-electron chi connectivity index (χ2n) is 4.16. The molecule has 1 fully saturated rings. The fraction of sp³-hybridized carbons (Fsp3) is 0.800. The summed E-state index contributed by atoms with van der Waals surface area (Å²) in [6.07, 6.45) is 7.61. The summed E-state index contributed by atoms with van der Waals surface area (Å²) in [5, 5.41) is 8.12. The number of aromatic nitrogens is 3. The summed E-state index contributed by atoms with van der Waals surface area (Å²) in [6, 6.07) is 0. The van der Waals surface area contributed by atoms with Crippen molar-refractivity contribution < 1.29 is 0 Å². The highest BCUT2D eigenvalue weighted by molar-refractivity contribution is 5.06. The van der Waals surface area contributed by atoms with Gasteiger partial charge in [0.1, 0.15) is 6.33 Å². The molecule has 1 aliphatic carbocycles. The molecule has 4 nitrogen and oxygen atoms in total. The number of nitrogens with zero attached hydrogens (tertiary/aromatic N) is 3. The van der Waals surface area contributed by atoms with E-state index in [1.807, 2.05) is 0 Å². The fourth-order valence-electron chi connectivity index (χ4n) is 2.28. The zero-order valence-corrected chi connectivity index (χ0v) is 8.74. The molecule has 1 saturated carbocycles. The highest BCUT2D eigenvalue weighted by Crippen LogP contribution is 2.33. The van der Waals surface area contributed by atoms with Crippen LogP contribution in [-0.4, -0.2) is 14.8 Å². The maximum Gasteiger partial charge on any atom is 0.152 e. The first-order valence-corrected chi connectivity index (χ1v) is 5.43. The molecule has 2 N–H and O–H groups in total. The molecule has 0 atom stereocenters. The van der Waals surface area contributed by atoms with Crippen LogP contribution in [0.25, 0.3) is 0 Å². The van der Waals surface area contributed by atoms with E-state index in [1.165, 1.54) is 19.3 Å². The summed E-state index contributed by atoms with van der Waals surface area (Å²) in [6.45, 7) is 3.00. The van der Waals surface area contributed by atoms with E-state index in [9.17, 15) is 0 Å². The zero-order chi connectivity index (χ0) is 10.0. The van der Waals surface area contributed by atoms with Crippen molar-refractivity contribution in [3.8, 4) is 0 Å². The van der Waals surface area contributed by atoms with Crippen LogP contribution in [-0.2, 0) is 12.1 Å². The molecule has 2 rings (SSSR count). The van der Waals surface area contributed by atoms with E-state index in [4.69, 9.17) is 5.73 Å². The zero-order valence-electron chi connectivity index (χ0n) is 8.74. The Labute approximate surface area is 84.5 Å². The van der Waals surface area contributed by atoms with Crippen LogP contribution in [0.4, 0.5) is 0 Å². The molecular weight excluding hydrogens is 176 g/mol. The van der Waals surface area contributed by atoms with Gasteiger partial charge < -0.3 is 10.3 Å². The predicted molar refractivity (Wildman–Crippen MR) is 54.6 cm³/mol. The van der Waals surface area contributed by atoms with E-state index in [0.29, 0.717) is 0 Å². The Morgan fingerprint density at radius 3 is 2.79 bits per heavy atom. The molecule has 0 aliphatic heterocycles. The summed E-state index contributed by atoms with van der Waals surface area (Å²) < 4.78 is 2.06. The molecule has 0 bridgehead atoms. The normalized spacial score (nSPS) is 21.0. The topological polar surface area (TPSA) is 56.7 Å². The Bertz CT molecular complexity index is 299. The van der Waals surface area contributed by atoms with Crippen LogP contribution in [0.5, 0.6) is 0 Å². The lowest BCUT2D eigenvalue weighted by atomic mass is 9.82. The maximum absolute atomic E-state index is 6.38. The minimum absolute atomic E-state index is 0.217. The molecule has 1 aliphatic rings. The van der Waals surface area contributed by atoms with Gasteiger partial charge in [0.2, 0.25) is 0 Å². The van der Waals surface area contributed by atoms with Gasteiger partial charge in [-0.3, -0.25) is 0 Å². The Hall–Kier alpha value is -0.900. The van der Waals surface area contributed by atoms with Crippen molar-refractivity contribution in [3.63, 3.8) is 0 Å². The second kappa shape index (κ2) is 3.69. The number of nitrogens with two attached hydrogens (primary N) is 1. The predicted octanol–water partition coefficient (Wildman–Crippen LogP) is 1.42. The summed E-state index contributed by atoms with van der Waals surface area (Å²) in [7, 11) is 0. The van der Waals surface area contributed by atoms with Crippen LogP contribution in [0.2, 0.25) is 0 Å². The fourth-order valence-corrected chi connectivity index (χ4v) is 2.28. The highest BCUT2D eigenvalue weighted by Gasteiger charge is 2.33. The van der Waals surface area contributed by atoms with Crippen LogP contribution in [0, 0.1) is 0 Å². The van der Waals surface area contributed by atoms with E-state index in [2.05, 4.69) is 21.7 Å². The molecule has 0 saturated heterocycles. The minimum atomic E-state index is -0.217. The van der Waals surface area contributed by atoms with Crippen LogP contribution in [0.15, 0.2) is 6.33 Å². The van der Waals surface area contributed by atoms with Crippen molar-refractivity contribution in [2.75, 3.05) is 0 Å². The SMILES string of the molecule is CCn1cnnc1C1(N)CCCCC1. The average Bonchev–Trinajstić information content (AvgIpc) is 2.67. The monoisotopic (exact) mass is 194 g/mol. The van der Waals surface area contributed by atoms with Gasteiger partial charge in [-0.2, -0.15) is 0 Å². The van der Waals surface area contributed by atoms with Gasteiger partial charge in [-0.1, -0.05) is 19.3 Å². The Morgan fingerprint density at radius 1 is 1.43 bits per heavy atom. The van der Waals surface area contributed by atoms with Gasteiger partial charge in [-0.05, 0) is 19.8 Å². The lowest BCUT2D eigenvalue weighted by molar-refractivity contribution is 0.278. The van der Waals surface area contributed by atoms with Crippen LogP contribution in [0.1, 0.15) is 44.9 Å². The van der Waals surface area contributed by atoms with Gasteiger partial charge >= 0.3 is 0 Å². The number of hydrogen-bond acceptors (Lipinski definition) is 3. The smallest absolute Gasteiger partial charge is 0.152 e.